The van der Waals surface area contributed by atoms with Gasteiger partial charge in [-0.1, -0.05) is 38.1 Å². The molecule has 0 N–H and O–H groups in total. The van der Waals surface area contributed by atoms with Crippen LogP contribution in [0, 0.1) is 11.3 Å². The Morgan fingerprint density at radius 1 is 1.04 bits per heavy atom. The van der Waals surface area contributed by atoms with E-state index < -0.39 is 0 Å². The van der Waals surface area contributed by atoms with Crippen molar-refractivity contribution in [3.05, 3.63) is 65.2 Å². The molecule has 0 unspecified atom stereocenters. The summed E-state index contributed by atoms with van der Waals surface area (Å²) in [5.74, 6) is 1.16. The predicted octanol–water partition coefficient (Wildman–Crippen LogP) is 3.40. The second kappa shape index (κ2) is 9.38. The van der Waals surface area contributed by atoms with E-state index in [1.165, 1.54) is 11.1 Å². The van der Waals surface area contributed by atoms with Crippen LogP contribution in [0.3, 0.4) is 0 Å². The monoisotopic (exact) mass is 377 g/mol. The highest BCUT2D eigenvalue weighted by Gasteiger charge is 2.21. The van der Waals surface area contributed by atoms with Gasteiger partial charge in [0.15, 0.2) is 6.61 Å². The van der Waals surface area contributed by atoms with E-state index in [4.69, 9.17) is 10.00 Å². The van der Waals surface area contributed by atoms with E-state index in [0.29, 0.717) is 17.2 Å². The van der Waals surface area contributed by atoms with Crippen molar-refractivity contribution in [2.75, 3.05) is 32.8 Å². The van der Waals surface area contributed by atoms with Gasteiger partial charge >= 0.3 is 0 Å². The van der Waals surface area contributed by atoms with Crippen LogP contribution in [-0.4, -0.2) is 48.5 Å². The minimum Gasteiger partial charge on any atom is -0.484 e. The van der Waals surface area contributed by atoms with Crippen molar-refractivity contribution in [1.29, 1.82) is 5.26 Å². The number of carbonyl (C=O) groups excluding carboxylic acids is 1. The first-order chi connectivity index (χ1) is 13.5. The molecular weight excluding hydrogens is 350 g/mol. The van der Waals surface area contributed by atoms with Crippen LogP contribution >= 0.6 is 0 Å². The Labute approximate surface area is 167 Å². The van der Waals surface area contributed by atoms with E-state index in [0.717, 1.165) is 32.7 Å². The number of hydrogen-bond acceptors (Lipinski definition) is 4. The molecule has 1 fully saturated rings. The number of rotatable bonds is 6. The second-order valence-electron chi connectivity index (χ2n) is 7.48. The summed E-state index contributed by atoms with van der Waals surface area (Å²) in [5, 5.41) is 8.81. The van der Waals surface area contributed by atoms with Gasteiger partial charge in [-0.25, -0.2) is 0 Å². The number of benzene rings is 2. The van der Waals surface area contributed by atoms with Crippen molar-refractivity contribution in [1.82, 2.24) is 9.80 Å². The van der Waals surface area contributed by atoms with Crippen LogP contribution in [0.5, 0.6) is 5.75 Å². The van der Waals surface area contributed by atoms with Gasteiger partial charge < -0.3 is 9.64 Å². The van der Waals surface area contributed by atoms with Crippen LogP contribution in [0.25, 0.3) is 0 Å². The molecule has 1 aliphatic heterocycles. The summed E-state index contributed by atoms with van der Waals surface area (Å²) in [5.41, 5.74) is 3.25. The van der Waals surface area contributed by atoms with Gasteiger partial charge in [0.1, 0.15) is 5.75 Å². The van der Waals surface area contributed by atoms with E-state index in [1.54, 1.807) is 24.3 Å². The standard InChI is InChI=1S/C23H27N3O2/c1-18(2)21-7-3-20(4-8-21)16-25-11-13-26(14-12-25)23(27)17-28-22-9-5-19(15-24)6-10-22/h3-10,18H,11-14,16-17H2,1-2H3. The Balaban J connectivity index is 1.42. The van der Waals surface area contributed by atoms with Crippen molar-refractivity contribution >= 4 is 5.91 Å². The van der Waals surface area contributed by atoms with Crippen molar-refractivity contribution in [3.63, 3.8) is 0 Å². The molecule has 0 radical (unpaired) electrons. The van der Waals surface area contributed by atoms with Crippen LogP contribution in [0.15, 0.2) is 48.5 Å². The minimum absolute atomic E-state index is 0.00490. The van der Waals surface area contributed by atoms with Crippen LogP contribution in [-0.2, 0) is 11.3 Å². The largest absolute Gasteiger partial charge is 0.484 e. The topological polar surface area (TPSA) is 56.6 Å². The van der Waals surface area contributed by atoms with Gasteiger partial charge in [-0.3, -0.25) is 9.69 Å². The quantitative estimate of drug-likeness (QED) is 0.774. The normalized spacial score (nSPS) is 14.7. The van der Waals surface area contributed by atoms with Crippen molar-refractivity contribution in [2.24, 2.45) is 0 Å². The molecule has 2 aromatic rings. The van der Waals surface area contributed by atoms with E-state index in [2.05, 4.69) is 49.1 Å². The summed E-state index contributed by atoms with van der Waals surface area (Å²) >= 11 is 0. The van der Waals surface area contributed by atoms with Gasteiger partial charge in [0.05, 0.1) is 11.6 Å². The Hall–Kier alpha value is -2.84. The van der Waals surface area contributed by atoms with E-state index in [9.17, 15) is 4.79 Å². The predicted molar refractivity (Wildman–Crippen MR) is 109 cm³/mol. The third-order valence-electron chi connectivity index (χ3n) is 5.12. The van der Waals surface area contributed by atoms with Crippen molar-refractivity contribution in [2.45, 2.75) is 26.3 Å². The number of nitrogens with zero attached hydrogens (tertiary/aromatic N) is 3. The minimum atomic E-state index is 0.00490. The van der Waals surface area contributed by atoms with E-state index in [1.807, 2.05) is 4.90 Å². The zero-order valence-electron chi connectivity index (χ0n) is 16.6. The lowest BCUT2D eigenvalue weighted by atomic mass is 10.0. The number of amides is 1. The Kier molecular flexibility index (Phi) is 6.67. The first-order valence-electron chi connectivity index (χ1n) is 9.77. The van der Waals surface area contributed by atoms with Crippen LogP contribution in [0.4, 0.5) is 0 Å². The molecule has 0 aromatic heterocycles. The number of ether oxygens (including phenoxy) is 1. The maximum Gasteiger partial charge on any atom is 0.260 e. The number of piperazine rings is 1. The summed E-state index contributed by atoms with van der Waals surface area (Å²) in [7, 11) is 0. The Morgan fingerprint density at radius 2 is 1.68 bits per heavy atom. The molecule has 0 atom stereocenters. The van der Waals surface area contributed by atoms with Gasteiger partial charge in [0.2, 0.25) is 0 Å². The fraction of sp³-hybridized carbons (Fsp3) is 0.391. The molecule has 1 amide bonds. The molecule has 0 spiro atoms. The molecule has 0 saturated carbocycles. The molecule has 0 bridgehead atoms. The Bertz CT molecular complexity index is 814. The highest BCUT2D eigenvalue weighted by atomic mass is 16.5. The second-order valence-corrected chi connectivity index (χ2v) is 7.48. The lowest BCUT2D eigenvalue weighted by Gasteiger charge is -2.34. The smallest absolute Gasteiger partial charge is 0.260 e. The van der Waals surface area contributed by atoms with Crippen molar-refractivity contribution in [3.8, 4) is 11.8 Å². The van der Waals surface area contributed by atoms with Gasteiger partial charge in [-0.05, 0) is 41.3 Å². The number of carbonyl (C=O) groups is 1. The maximum atomic E-state index is 12.4. The first kappa shape index (κ1) is 19.9. The van der Waals surface area contributed by atoms with Crippen LogP contribution in [0.1, 0.15) is 36.5 Å². The van der Waals surface area contributed by atoms with Crippen LogP contribution in [0.2, 0.25) is 0 Å². The third kappa shape index (κ3) is 5.34. The molecule has 28 heavy (non-hydrogen) atoms. The molecule has 3 rings (SSSR count). The van der Waals surface area contributed by atoms with E-state index >= 15 is 0 Å². The first-order valence-corrected chi connectivity index (χ1v) is 9.77. The van der Waals surface area contributed by atoms with Crippen LogP contribution < -0.4 is 4.74 Å². The van der Waals surface area contributed by atoms with Gasteiger partial charge in [0, 0.05) is 32.7 Å². The lowest BCUT2D eigenvalue weighted by Crippen LogP contribution is -2.49. The SMILES string of the molecule is CC(C)c1ccc(CN2CCN(C(=O)COc3ccc(C#N)cc3)CC2)cc1. The Morgan fingerprint density at radius 3 is 2.25 bits per heavy atom. The third-order valence-corrected chi connectivity index (χ3v) is 5.12. The maximum absolute atomic E-state index is 12.4. The van der Waals surface area contributed by atoms with Gasteiger partial charge in [-0.2, -0.15) is 5.26 Å². The highest BCUT2D eigenvalue weighted by molar-refractivity contribution is 5.77. The van der Waals surface area contributed by atoms with Gasteiger partial charge in [0.25, 0.3) is 5.91 Å². The van der Waals surface area contributed by atoms with Crippen molar-refractivity contribution < 1.29 is 9.53 Å². The summed E-state index contributed by atoms with van der Waals surface area (Å²) in [4.78, 5) is 16.6. The summed E-state index contributed by atoms with van der Waals surface area (Å²) in [6.07, 6.45) is 0. The fourth-order valence-corrected chi connectivity index (χ4v) is 3.28. The summed E-state index contributed by atoms with van der Waals surface area (Å²) < 4.78 is 5.56. The molecule has 146 valence electrons. The molecular formula is C23H27N3O2. The fourth-order valence-electron chi connectivity index (χ4n) is 3.28. The lowest BCUT2D eigenvalue weighted by molar-refractivity contribution is -0.135. The molecule has 0 aliphatic carbocycles. The summed E-state index contributed by atoms with van der Waals surface area (Å²) in [6.45, 7) is 8.54. The highest BCUT2D eigenvalue weighted by Crippen LogP contribution is 2.16. The molecule has 2 aromatic carbocycles. The number of nitriles is 1. The van der Waals surface area contributed by atoms with E-state index in [-0.39, 0.29) is 12.5 Å². The summed E-state index contributed by atoms with van der Waals surface area (Å²) in [6, 6.07) is 17.7. The molecule has 1 saturated heterocycles. The average molecular weight is 377 g/mol. The number of hydrogen-bond donors (Lipinski definition) is 0. The van der Waals surface area contributed by atoms with Gasteiger partial charge in [-0.15, -0.1) is 0 Å². The zero-order chi connectivity index (χ0) is 19.9. The average Bonchev–Trinajstić information content (AvgIpc) is 2.73. The molecule has 5 nitrogen and oxygen atoms in total. The molecule has 5 heteroatoms. The molecule has 1 heterocycles. The molecule has 1 aliphatic rings. The zero-order valence-corrected chi connectivity index (χ0v) is 16.6.